The third kappa shape index (κ3) is 3.61. The lowest BCUT2D eigenvalue weighted by Gasteiger charge is -2.33. The van der Waals surface area contributed by atoms with Crippen LogP contribution in [-0.2, 0) is 0 Å². The average Bonchev–Trinajstić information content (AvgIpc) is 2.63. The highest BCUT2D eigenvalue weighted by molar-refractivity contribution is 6.30. The van der Waals surface area contributed by atoms with Crippen LogP contribution in [0.25, 0.3) is 6.08 Å². The van der Waals surface area contributed by atoms with E-state index < -0.39 is 22.8 Å². The van der Waals surface area contributed by atoms with Crippen LogP contribution < -0.4 is 4.74 Å². The van der Waals surface area contributed by atoms with E-state index in [9.17, 15) is 24.9 Å². The van der Waals surface area contributed by atoms with Crippen molar-refractivity contribution in [2.75, 3.05) is 0 Å². The largest absolute Gasteiger partial charge is 0.507 e. The molecule has 1 aliphatic carbocycles. The lowest BCUT2D eigenvalue weighted by Crippen LogP contribution is -2.33. The minimum absolute atomic E-state index is 0.0629. The van der Waals surface area contributed by atoms with Gasteiger partial charge in [-0.25, -0.2) is 0 Å². The normalized spacial score (nSPS) is 19.5. The maximum Gasteiger partial charge on any atom is 0.201 e. The number of phenolic OH excluding ortho intramolecular Hbond substituents is 2. The molecule has 2 aromatic carbocycles. The molecule has 2 aromatic rings. The van der Waals surface area contributed by atoms with Gasteiger partial charge >= 0.3 is 0 Å². The van der Waals surface area contributed by atoms with E-state index in [0.717, 1.165) is 6.42 Å². The Balaban J connectivity index is 1.75. The standard InChI is InChI=1S/C25H26O6/c1-13-10-15-19(17(26)11-13)23(29)20-16(21(15)27)12-18-14(22(20)28)6-9-25(4,31-18)8-5-7-24(2,3)30/h6,9-12,26,28,30H,5,7-8H2,1-4H3. The lowest BCUT2D eigenvalue weighted by molar-refractivity contribution is 0.0575. The summed E-state index contributed by atoms with van der Waals surface area (Å²) in [6, 6.07) is 4.49. The van der Waals surface area contributed by atoms with Crippen LogP contribution in [0.5, 0.6) is 17.2 Å². The summed E-state index contributed by atoms with van der Waals surface area (Å²) in [6.45, 7) is 7.14. The fraction of sp³-hybridized carbons (Fsp3) is 0.360. The van der Waals surface area contributed by atoms with Crippen LogP contribution in [0.4, 0.5) is 0 Å². The number of benzene rings is 2. The molecule has 0 amide bonds. The monoisotopic (exact) mass is 422 g/mol. The molecule has 6 nitrogen and oxygen atoms in total. The van der Waals surface area contributed by atoms with Crippen molar-refractivity contribution in [1.82, 2.24) is 0 Å². The topological polar surface area (TPSA) is 104 Å². The molecule has 0 aromatic heterocycles. The zero-order valence-electron chi connectivity index (χ0n) is 18.1. The zero-order valence-corrected chi connectivity index (χ0v) is 18.1. The van der Waals surface area contributed by atoms with E-state index in [-0.39, 0.29) is 33.8 Å². The van der Waals surface area contributed by atoms with Crippen LogP contribution in [0.1, 0.15) is 83.0 Å². The van der Waals surface area contributed by atoms with Crippen LogP contribution in [0, 0.1) is 6.92 Å². The Bertz CT molecular complexity index is 1150. The molecule has 162 valence electrons. The molecule has 1 aliphatic heterocycles. The van der Waals surface area contributed by atoms with Gasteiger partial charge < -0.3 is 20.1 Å². The molecule has 3 N–H and O–H groups in total. The molecule has 0 saturated carbocycles. The molecular formula is C25H26O6. The summed E-state index contributed by atoms with van der Waals surface area (Å²) in [6.07, 6.45) is 5.47. The first-order valence-electron chi connectivity index (χ1n) is 10.3. The molecule has 1 atom stereocenters. The molecule has 0 saturated heterocycles. The highest BCUT2D eigenvalue weighted by atomic mass is 16.5. The Labute approximate surface area is 180 Å². The third-order valence-electron chi connectivity index (χ3n) is 5.91. The van der Waals surface area contributed by atoms with Gasteiger partial charge in [-0.3, -0.25) is 9.59 Å². The number of hydrogen-bond acceptors (Lipinski definition) is 6. The Kier molecular flexibility index (Phi) is 4.74. The van der Waals surface area contributed by atoms with Gasteiger partial charge in [0.25, 0.3) is 0 Å². The number of ketones is 2. The first kappa shape index (κ1) is 21.1. The molecule has 6 heteroatoms. The van der Waals surface area contributed by atoms with Gasteiger partial charge in [0.2, 0.25) is 5.78 Å². The molecule has 0 fully saturated rings. The highest BCUT2D eigenvalue weighted by Crippen LogP contribution is 2.45. The van der Waals surface area contributed by atoms with Crippen LogP contribution >= 0.6 is 0 Å². The quantitative estimate of drug-likeness (QED) is 0.580. The van der Waals surface area contributed by atoms with Crippen LogP contribution in [0.2, 0.25) is 0 Å². The van der Waals surface area contributed by atoms with Crippen LogP contribution in [0.15, 0.2) is 24.3 Å². The molecular weight excluding hydrogens is 396 g/mol. The summed E-state index contributed by atoms with van der Waals surface area (Å²) in [5.41, 5.74) is -0.482. The van der Waals surface area contributed by atoms with Crippen LogP contribution in [-0.4, -0.2) is 38.1 Å². The maximum atomic E-state index is 13.2. The van der Waals surface area contributed by atoms with E-state index in [1.807, 2.05) is 13.0 Å². The molecule has 2 aliphatic rings. The molecule has 31 heavy (non-hydrogen) atoms. The molecule has 0 radical (unpaired) electrons. The number of hydrogen-bond donors (Lipinski definition) is 3. The summed E-state index contributed by atoms with van der Waals surface area (Å²) in [5.74, 6) is -1.31. The Morgan fingerprint density at radius 3 is 2.39 bits per heavy atom. The van der Waals surface area contributed by atoms with Crippen molar-refractivity contribution in [3.05, 3.63) is 57.7 Å². The molecule has 0 spiro atoms. The van der Waals surface area contributed by atoms with Gasteiger partial charge in [0, 0.05) is 11.1 Å². The van der Waals surface area contributed by atoms with E-state index in [4.69, 9.17) is 4.74 Å². The summed E-state index contributed by atoms with van der Waals surface area (Å²) in [7, 11) is 0. The van der Waals surface area contributed by atoms with Crippen LogP contribution in [0.3, 0.4) is 0 Å². The predicted octanol–water partition coefficient (Wildman–Crippen LogP) is 4.29. The second-order valence-corrected chi connectivity index (χ2v) is 9.34. The SMILES string of the molecule is Cc1cc(O)c2c(c1)C(=O)c1cc3c(c(O)c1C2=O)C=CC(C)(CCCC(C)(C)O)O3. The number of ether oxygens (including phenoxy) is 1. The van der Waals surface area contributed by atoms with E-state index in [2.05, 4.69) is 0 Å². The van der Waals surface area contributed by atoms with Gasteiger partial charge in [0.1, 0.15) is 22.8 Å². The van der Waals surface area contributed by atoms with E-state index >= 15 is 0 Å². The predicted molar refractivity (Wildman–Crippen MR) is 116 cm³/mol. The number of rotatable bonds is 4. The lowest BCUT2D eigenvalue weighted by atomic mass is 9.80. The van der Waals surface area contributed by atoms with Crippen molar-refractivity contribution < 1.29 is 29.6 Å². The minimum Gasteiger partial charge on any atom is -0.507 e. The number of carbonyl (C=O) groups is 2. The van der Waals surface area contributed by atoms with Crippen molar-refractivity contribution in [2.45, 2.75) is 58.2 Å². The zero-order chi connectivity index (χ0) is 22.7. The van der Waals surface area contributed by atoms with Gasteiger partial charge in [-0.05, 0) is 82.9 Å². The second-order valence-electron chi connectivity index (χ2n) is 9.34. The van der Waals surface area contributed by atoms with Gasteiger partial charge in [-0.2, -0.15) is 0 Å². The molecule has 4 rings (SSSR count). The maximum absolute atomic E-state index is 13.2. The van der Waals surface area contributed by atoms with Crippen molar-refractivity contribution >= 4 is 17.6 Å². The van der Waals surface area contributed by atoms with Crippen molar-refractivity contribution in [3.63, 3.8) is 0 Å². The van der Waals surface area contributed by atoms with Gasteiger partial charge in [0.05, 0.1) is 22.3 Å². The Hall–Kier alpha value is -3.12. The number of phenols is 2. The number of aryl methyl sites for hydroxylation is 1. The fourth-order valence-electron chi connectivity index (χ4n) is 4.32. The molecule has 1 heterocycles. The molecule has 1 unspecified atom stereocenters. The highest BCUT2D eigenvalue weighted by Gasteiger charge is 2.38. The number of fused-ring (bicyclic) bond motifs is 3. The van der Waals surface area contributed by atoms with Crippen molar-refractivity contribution in [1.29, 1.82) is 0 Å². The van der Waals surface area contributed by atoms with E-state index in [1.165, 1.54) is 12.1 Å². The second kappa shape index (κ2) is 6.95. The van der Waals surface area contributed by atoms with Gasteiger partial charge in [-0.1, -0.05) is 0 Å². The van der Waals surface area contributed by atoms with Crippen molar-refractivity contribution in [2.24, 2.45) is 0 Å². The average molecular weight is 422 g/mol. The molecule has 0 bridgehead atoms. The summed E-state index contributed by atoms with van der Waals surface area (Å²) < 4.78 is 6.16. The van der Waals surface area contributed by atoms with Crippen molar-refractivity contribution in [3.8, 4) is 17.2 Å². The summed E-state index contributed by atoms with van der Waals surface area (Å²) in [5, 5.41) is 31.1. The van der Waals surface area contributed by atoms with Gasteiger partial charge in [0.15, 0.2) is 5.78 Å². The number of aromatic hydroxyl groups is 2. The number of aliphatic hydroxyl groups is 1. The fourth-order valence-corrected chi connectivity index (χ4v) is 4.32. The minimum atomic E-state index is -0.770. The Morgan fingerprint density at radius 2 is 1.71 bits per heavy atom. The Morgan fingerprint density at radius 1 is 1.03 bits per heavy atom. The summed E-state index contributed by atoms with van der Waals surface area (Å²) in [4.78, 5) is 26.3. The third-order valence-corrected chi connectivity index (χ3v) is 5.91. The smallest absolute Gasteiger partial charge is 0.201 e. The first-order valence-corrected chi connectivity index (χ1v) is 10.3. The van der Waals surface area contributed by atoms with Gasteiger partial charge in [-0.15, -0.1) is 0 Å². The van der Waals surface area contributed by atoms with E-state index in [1.54, 1.807) is 32.9 Å². The van der Waals surface area contributed by atoms with E-state index in [0.29, 0.717) is 29.7 Å². The first-order chi connectivity index (χ1) is 14.4. The summed E-state index contributed by atoms with van der Waals surface area (Å²) >= 11 is 0. The number of carbonyl (C=O) groups excluding carboxylic acids is 2.